The van der Waals surface area contributed by atoms with Crippen LogP contribution in [0.1, 0.15) is 60.3 Å². The SMILES string of the molecule is CC(C)CC(=O)NC1CC2CCC1(C)C2(C)C. The van der Waals surface area contributed by atoms with Gasteiger partial charge in [0.05, 0.1) is 0 Å². The molecule has 2 heteroatoms. The van der Waals surface area contributed by atoms with Crippen LogP contribution in [-0.2, 0) is 4.79 Å². The van der Waals surface area contributed by atoms with Gasteiger partial charge in [-0.2, -0.15) is 0 Å². The predicted molar refractivity (Wildman–Crippen MR) is 70.6 cm³/mol. The number of carbonyl (C=O) groups excluding carboxylic acids is 1. The highest BCUT2D eigenvalue weighted by molar-refractivity contribution is 5.76. The van der Waals surface area contributed by atoms with Crippen LogP contribution in [0.4, 0.5) is 0 Å². The average molecular weight is 237 g/mol. The van der Waals surface area contributed by atoms with Crippen LogP contribution in [0, 0.1) is 22.7 Å². The Kier molecular flexibility index (Phi) is 3.04. The lowest BCUT2D eigenvalue weighted by atomic mass is 9.69. The first kappa shape index (κ1) is 12.9. The first-order chi connectivity index (χ1) is 7.77. The van der Waals surface area contributed by atoms with Crippen molar-refractivity contribution in [3.8, 4) is 0 Å². The van der Waals surface area contributed by atoms with Gasteiger partial charge < -0.3 is 5.32 Å². The lowest BCUT2D eigenvalue weighted by Crippen LogP contribution is -2.47. The molecule has 0 aliphatic heterocycles. The molecule has 1 N–H and O–H groups in total. The molecule has 2 rings (SSSR count). The summed E-state index contributed by atoms with van der Waals surface area (Å²) in [5.74, 6) is 1.50. The van der Waals surface area contributed by atoms with Crippen LogP contribution in [-0.4, -0.2) is 11.9 Å². The second-order valence-electron chi connectivity index (χ2n) is 7.33. The van der Waals surface area contributed by atoms with Crippen molar-refractivity contribution < 1.29 is 4.79 Å². The summed E-state index contributed by atoms with van der Waals surface area (Å²) in [6.45, 7) is 11.4. The van der Waals surface area contributed by atoms with E-state index in [0.717, 1.165) is 5.92 Å². The molecule has 98 valence electrons. The summed E-state index contributed by atoms with van der Waals surface area (Å²) < 4.78 is 0. The second-order valence-corrected chi connectivity index (χ2v) is 7.33. The van der Waals surface area contributed by atoms with Crippen LogP contribution in [0.2, 0.25) is 0 Å². The maximum atomic E-state index is 11.9. The normalized spacial score (nSPS) is 38.7. The Bertz CT molecular complexity index is 321. The number of amides is 1. The minimum absolute atomic E-state index is 0.245. The topological polar surface area (TPSA) is 29.1 Å². The summed E-state index contributed by atoms with van der Waals surface area (Å²) in [6, 6.07) is 0.405. The van der Waals surface area contributed by atoms with Gasteiger partial charge in [0.2, 0.25) is 5.91 Å². The van der Waals surface area contributed by atoms with E-state index < -0.39 is 0 Å². The molecule has 17 heavy (non-hydrogen) atoms. The quantitative estimate of drug-likeness (QED) is 0.801. The van der Waals surface area contributed by atoms with Gasteiger partial charge in [-0.1, -0.05) is 34.6 Å². The molecule has 0 aromatic rings. The number of hydrogen-bond donors (Lipinski definition) is 1. The third-order valence-corrected chi connectivity index (χ3v) is 5.72. The molecule has 2 nitrogen and oxygen atoms in total. The van der Waals surface area contributed by atoms with Gasteiger partial charge in [0.15, 0.2) is 0 Å². The van der Waals surface area contributed by atoms with Crippen LogP contribution >= 0.6 is 0 Å². The molecule has 2 aliphatic carbocycles. The molecule has 0 aromatic carbocycles. The molecule has 0 heterocycles. The molecule has 0 saturated heterocycles. The minimum atomic E-state index is 0.245. The second kappa shape index (κ2) is 4.00. The third kappa shape index (κ3) is 1.90. The maximum Gasteiger partial charge on any atom is 0.220 e. The Labute approximate surface area is 106 Å². The summed E-state index contributed by atoms with van der Waals surface area (Å²) >= 11 is 0. The highest BCUT2D eigenvalue weighted by Crippen LogP contribution is 2.65. The van der Waals surface area contributed by atoms with Gasteiger partial charge in [-0.25, -0.2) is 0 Å². The molecular weight excluding hydrogens is 210 g/mol. The molecule has 2 saturated carbocycles. The van der Waals surface area contributed by atoms with Crippen molar-refractivity contribution in [1.29, 1.82) is 0 Å². The molecule has 2 fully saturated rings. The van der Waals surface area contributed by atoms with Gasteiger partial charge in [-0.05, 0) is 41.9 Å². The van der Waals surface area contributed by atoms with E-state index in [1.807, 2.05) is 0 Å². The molecule has 0 spiro atoms. The van der Waals surface area contributed by atoms with Gasteiger partial charge >= 0.3 is 0 Å². The number of nitrogens with one attached hydrogen (secondary N) is 1. The molecule has 0 aromatic heterocycles. The molecule has 2 aliphatic rings. The summed E-state index contributed by atoms with van der Waals surface area (Å²) in [7, 11) is 0. The zero-order valence-corrected chi connectivity index (χ0v) is 12.0. The fraction of sp³-hybridized carbons (Fsp3) is 0.933. The highest BCUT2D eigenvalue weighted by Gasteiger charge is 2.61. The van der Waals surface area contributed by atoms with Crippen molar-refractivity contribution in [2.24, 2.45) is 22.7 Å². The fourth-order valence-electron chi connectivity index (χ4n) is 4.05. The summed E-state index contributed by atoms with van der Waals surface area (Å²) in [5, 5.41) is 3.30. The molecule has 3 atom stereocenters. The Morgan fingerprint density at radius 2 is 2.00 bits per heavy atom. The molecule has 0 radical (unpaired) electrons. The molecule has 2 bridgehead atoms. The van der Waals surface area contributed by atoms with E-state index in [2.05, 4.69) is 39.9 Å². The van der Waals surface area contributed by atoms with E-state index in [9.17, 15) is 4.79 Å². The highest BCUT2D eigenvalue weighted by atomic mass is 16.1. The van der Waals surface area contributed by atoms with E-state index in [0.29, 0.717) is 29.2 Å². The van der Waals surface area contributed by atoms with Crippen molar-refractivity contribution in [3.05, 3.63) is 0 Å². The fourth-order valence-corrected chi connectivity index (χ4v) is 4.05. The van der Waals surface area contributed by atoms with E-state index >= 15 is 0 Å². The Morgan fingerprint density at radius 3 is 2.41 bits per heavy atom. The van der Waals surface area contributed by atoms with Crippen LogP contribution in [0.25, 0.3) is 0 Å². The summed E-state index contributed by atoms with van der Waals surface area (Å²) in [4.78, 5) is 11.9. The standard InChI is InChI=1S/C15H27NO/c1-10(2)8-13(17)16-12-9-11-6-7-15(12,5)14(11,3)4/h10-12H,6-9H2,1-5H3,(H,16,17). The lowest BCUT2D eigenvalue weighted by Gasteiger charge is -2.39. The van der Waals surface area contributed by atoms with Crippen molar-refractivity contribution in [1.82, 2.24) is 5.32 Å². The average Bonchev–Trinajstić information content (AvgIpc) is 2.49. The number of fused-ring (bicyclic) bond motifs is 2. The summed E-state index contributed by atoms with van der Waals surface area (Å²) in [5.41, 5.74) is 0.701. The lowest BCUT2D eigenvalue weighted by molar-refractivity contribution is -0.123. The van der Waals surface area contributed by atoms with Gasteiger partial charge in [-0.15, -0.1) is 0 Å². The van der Waals surface area contributed by atoms with Crippen LogP contribution in [0.5, 0.6) is 0 Å². The van der Waals surface area contributed by atoms with Gasteiger partial charge in [0.1, 0.15) is 0 Å². The van der Waals surface area contributed by atoms with Gasteiger partial charge in [-0.3, -0.25) is 4.79 Å². The number of carbonyl (C=O) groups is 1. The van der Waals surface area contributed by atoms with Crippen molar-refractivity contribution >= 4 is 5.91 Å². The molecule has 3 unspecified atom stereocenters. The predicted octanol–water partition coefficient (Wildman–Crippen LogP) is 3.36. The minimum Gasteiger partial charge on any atom is -0.353 e. The monoisotopic (exact) mass is 237 g/mol. The Balaban J connectivity index is 2.03. The smallest absolute Gasteiger partial charge is 0.220 e. The van der Waals surface area contributed by atoms with Crippen molar-refractivity contribution in [2.75, 3.05) is 0 Å². The Morgan fingerprint density at radius 1 is 1.35 bits per heavy atom. The third-order valence-electron chi connectivity index (χ3n) is 5.72. The first-order valence-electron chi connectivity index (χ1n) is 7.06. The maximum absolute atomic E-state index is 11.9. The van der Waals surface area contributed by atoms with Crippen LogP contribution < -0.4 is 5.32 Å². The van der Waals surface area contributed by atoms with E-state index in [-0.39, 0.29) is 5.91 Å². The number of hydrogen-bond acceptors (Lipinski definition) is 1. The molecular formula is C15H27NO. The number of rotatable bonds is 3. The van der Waals surface area contributed by atoms with E-state index in [1.165, 1.54) is 19.3 Å². The zero-order valence-electron chi connectivity index (χ0n) is 12.0. The van der Waals surface area contributed by atoms with Gasteiger partial charge in [0, 0.05) is 12.5 Å². The molecule has 1 amide bonds. The van der Waals surface area contributed by atoms with Crippen LogP contribution in [0.3, 0.4) is 0 Å². The van der Waals surface area contributed by atoms with Crippen molar-refractivity contribution in [2.45, 2.75) is 66.3 Å². The zero-order chi connectivity index (χ0) is 12.8. The first-order valence-corrected chi connectivity index (χ1v) is 7.06. The summed E-state index contributed by atoms with van der Waals surface area (Å²) in [6.07, 6.45) is 4.47. The van der Waals surface area contributed by atoms with Crippen molar-refractivity contribution in [3.63, 3.8) is 0 Å². The van der Waals surface area contributed by atoms with Gasteiger partial charge in [0.25, 0.3) is 0 Å². The van der Waals surface area contributed by atoms with Crippen LogP contribution in [0.15, 0.2) is 0 Å². The Hall–Kier alpha value is -0.530. The largest absolute Gasteiger partial charge is 0.353 e. The van der Waals surface area contributed by atoms with E-state index in [1.54, 1.807) is 0 Å². The van der Waals surface area contributed by atoms with E-state index in [4.69, 9.17) is 0 Å².